The van der Waals surface area contributed by atoms with Crippen molar-refractivity contribution in [2.75, 3.05) is 18.0 Å². The van der Waals surface area contributed by atoms with E-state index in [2.05, 4.69) is 5.32 Å². The van der Waals surface area contributed by atoms with Gasteiger partial charge in [-0.15, -0.1) is 0 Å². The van der Waals surface area contributed by atoms with Gasteiger partial charge in [0, 0.05) is 30.7 Å². The fraction of sp³-hybridized carbons (Fsp3) is 0.222. The molecular weight excluding hydrogens is 366 g/mol. The maximum absolute atomic E-state index is 13.8. The molecule has 4 nitrogen and oxygen atoms in total. The fourth-order valence-electron chi connectivity index (χ4n) is 2.42. The van der Waals surface area contributed by atoms with Crippen molar-refractivity contribution in [1.82, 2.24) is 5.32 Å². The van der Waals surface area contributed by atoms with E-state index in [1.54, 1.807) is 18.2 Å². The molecule has 7 heteroatoms. The average molecular weight is 383 g/mol. The third-order valence-corrected chi connectivity index (χ3v) is 4.45. The highest BCUT2D eigenvalue weighted by Gasteiger charge is 2.18. The van der Waals surface area contributed by atoms with Gasteiger partial charge in [-0.3, -0.25) is 9.59 Å². The molecule has 2 amide bonds. The predicted octanol–water partition coefficient (Wildman–Crippen LogP) is 4.22. The molecule has 0 aromatic heterocycles. The summed E-state index contributed by atoms with van der Waals surface area (Å²) in [6.45, 7) is 3.59. The normalized spacial score (nSPS) is 10.4. The molecule has 25 heavy (non-hydrogen) atoms. The molecule has 0 aliphatic rings. The summed E-state index contributed by atoms with van der Waals surface area (Å²) in [4.78, 5) is 25.6. The van der Waals surface area contributed by atoms with Crippen molar-refractivity contribution in [3.05, 3.63) is 63.4 Å². The zero-order valence-electron chi connectivity index (χ0n) is 13.8. The van der Waals surface area contributed by atoms with Crippen molar-refractivity contribution >= 4 is 40.7 Å². The Morgan fingerprint density at radius 3 is 2.40 bits per heavy atom. The van der Waals surface area contributed by atoms with Crippen LogP contribution in [0.1, 0.15) is 22.8 Å². The zero-order chi connectivity index (χ0) is 18.6. The average Bonchev–Trinajstić information content (AvgIpc) is 2.54. The molecule has 0 atom stereocenters. The fourth-order valence-corrected chi connectivity index (χ4v) is 2.84. The number of carbonyl (C=O) groups is 2. The molecule has 0 aliphatic heterocycles. The van der Waals surface area contributed by atoms with E-state index >= 15 is 0 Å². The number of carbonyl (C=O) groups excluding carboxylic acids is 2. The molecule has 0 saturated heterocycles. The molecule has 0 radical (unpaired) electrons. The first-order valence-electron chi connectivity index (χ1n) is 7.58. The van der Waals surface area contributed by atoms with Gasteiger partial charge in [0.2, 0.25) is 5.91 Å². The molecule has 0 saturated carbocycles. The van der Waals surface area contributed by atoms with E-state index in [4.69, 9.17) is 23.2 Å². The van der Waals surface area contributed by atoms with Crippen molar-refractivity contribution in [1.29, 1.82) is 0 Å². The highest BCUT2D eigenvalue weighted by atomic mass is 35.5. The van der Waals surface area contributed by atoms with Crippen molar-refractivity contribution < 1.29 is 14.0 Å². The number of amides is 2. The lowest BCUT2D eigenvalue weighted by Crippen LogP contribution is -2.38. The second-order valence-corrected chi connectivity index (χ2v) is 6.22. The number of anilines is 1. The Kier molecular flexibility index (Phi) is 6.39. The number of hydrogen-bond donors (Lipinski definition) is 1. The van der Waals surface area contributed by atoms with Gasteiger partial charge in [0.05, 0.1) is 10.6 Å². The number of nitrogens with one attached hydrogen (secondary N) is 1. The summed E-state index contributed by atoms with van der Waals surface area (Å²) >= 11 is 12.0. The number of benzene rings is 2. The molecule has 0 spiro atoms. The molecular formula is C18H17Cl2FN2O2. The molecule has 0 aliphatic carbocycles. The summed E-state index contributed by atoms with van der Waals surface area (Å²) in [7, 11) is 0. The largest absolute Gasteiger partial charge is 0.350 e. The monoisotopic (exact) mass is 382 g/mol. The Balaban J connectivity index is 2.09. The van der Waals surface area contributed by atoms with E-state index in [0.29, 0.717) is 10.7 Å². The van der Waals surface area contributed by atoms with Crippen LogP contribution in [-0.4, -0.2) is 24.9 Å². The quantitative estimate of drug-likeness (QED) is 0.841. The molecule has 0 fully saturated rings. The molecule has 2 rings (SSSR count). The van der Waals surface area contributed by atoms with Gasteiger partial charge in [-0.25, -0.2) is 4.39 Å². The van der Waals surface area contributed by atoms with Crippen LogP contribution in [0.25, 0.3) is 0 Å². The van der Waals surface area contributed by atoms with Gasteiger partial charge in [0.1, 0.15) is 5.82 Å². The van der Waals surface area contributed by atoms with Crippen LogP contribution in [0.5, 0.6) is 0 Å². The summed E-state index contributed by atoms with van der Waals surface area (Å²) in [6.07, 6.45) is 0. The smallest absolute Gasteiger partial charge is 0.255 e. The van der Waals surface area contributed by atoms with E-state index in [-0.39, 0.29) is 29.6 Å². The Labute approximate surface area is 155 Å². The first kappa shape index (κ1) is 19.2. The Bertz CT molecular complexity index is 791. The van der Waals surface area contributed by atoms with Crippen LogP contribution in [0.15, 0.2) is 36.4 Å². The first-order chi connectivity index (χ1) is 11.8. The highest BCUT2D eigenvalue weighted by molar-refractivity contribution is 6.33. The predicted molar refractivity (Wildman–Crippen MR) is 98.0 cm³/mol. The highest BCUT2D eigenvalue weighted by Crippen LogP contribution is 2.26. The molecule has 1 N–H and O–H groups in total. The van der Waals surface area contributed by atoms with Crippen molar-refractivity contribution in [3.8, 4) is 0 Å². The topological polar surface area (TPSA) is 49.4 Å². The van der Waals surface area contributed by atoms with Crippen LogP contribution >= 0.6 is 23.2 Å². The number of halogens is 3. The van der Waals surface area contributed by atoms with E-state index in [9.17, 15) is 14.0 Å². The summed E-state index contributed by atoms with van der Waals surface area (Å²) < 4.78 is 13.8. The molecule has 0 heterocycles. The van der Waals surface area contributed by atoms with Gasteiger partial charge in [-0.2, -0.15) is 0 Å². The van der Waals surface area contributed by atoms with Gasteiger partial charge in [0.15, 0.2) is 0 Å². The SMILES string of the molecule is CC(=O)N(CCNC(=O)c1c(F)cccc1Cl)c1cccc(Cl)c1C. The standard InChI is InChI=1S/C18H17Cl2FN2O2/c1-11-13(19)5-4-8-16(11)23(12(2)24)10-9-22-18(25)17-14(20)6-3-7-15(17)21/h3-8H,9-10H2,1-2H3,(H,22,25). The van der Waals surface area contributed by atoms with Gasteiger partial charge >= 0.3 is 0 Å². The lowest BCUT2D eigenvalue weighted by atomic mass is 10.1. The molecule has 0 unspecified atom stereocenters. The lowest BCUT2D eigenvalue weighted by molar-refractivity contribution is -0.116. The van der Waals surface area contributed by atoms with Crippen LogP contribution in [0.2, 0.25) is 10.0 Å². The third kappa shape index (κ3) is 4.50. The Morgan fingerprint density at radius 1 is 1.12 bits per heavy atom. The first-order valence-corrected chi connectivity index (χ1v) is 8.34. The zero-order valence-corrected chi connectivity index (χ0v) is 15.3. The minimum Gasteiger partial charge on any atom is -0.350 e. The molecule has 2 aromatic rings. The Morgan fingerprint density at radius 2 is 1.76 bits per heavy atom. The molecule has 132 valence electrons. The van der Waals surface area contributed by atoms with Crippen molar-refractivity contribution in [2.24, 2.45) is 0 Å². The molecule has 2 aromatic carbocycles. The second-order valence-electron chi connectivity index (χ2n) is 5.41. The summed E-state index contributed by atoms with van der Waals surface area (Å²) in [5.74, 6) is -1.52. The van der Waals surface area contributed by atoms with Crippen LogP contribution in [0, 0.1) is 12.7 Å². The van der Waals surface area contributed by atoms with Crippen molar-refractivity contribution in [3.63, 3.8) is 0 Å². The summed E-state index contributed by atoms with van der Waals surface area (Å²) in [5, 5.41) is 3.16. The number of nitrogens with zero attached hydrogens (tertiary/aromatic N) is 1. The summed E-state index contributed by atoms with van der Waals surface area (Å²) in [6, 6.07) is 9.29. The lowest BCUT2D eigenvalue weighted by Gasteiger charge is -2.23. The van der Waals surface area contributed by atoms with Crippen LogP contribution in [0.3, 0.4) is 0 Å². The molecule has 0 bridgehead atoms. The summed E-state index contributed by atoms with van der Waals surface area (Å²) in [5.41, 5.74) is 1.22. The maximum atomic E-state index is 13.8. The minimum atomic E-state index is -0.695. The minimum absolute atomic E-state index is 0.0339. The third-order valence-electron chi connectivity index (χ3n) is 3.72. The van der Waals surface area contributed by atoms with E-state index in [1.807, 2.05) is 6.92 Å². The van der Waals surface area contributed by atoms with E-state index < -0.39 is 11.7 Å². The van der Waals surface area contributed by atoms with E-state index in [1.165, 1.54) is 24.0 Å². The van der Waals surface area contributed by atoms with Gasteiger partial charge in [-0.1, -0.05) is 35.3 Å². The second kappa shape index (κ2) is 8.32. The van der Waals surface area contributed by atoms with Crippen LogP contribution in [0.4, 0.5) is 10.1 Å². The van der Waals surface area contributed by atoms with Crippen molar-refractivity contribution in [2.45, 2.75) is 13.8 Å². The van der Waals surface area contributed by atoms with Gasteiger partial charge in [-0.05, 0) is 36.8 Å². The van der Waals surface area contributed by atoms with E-state index in [0.717, 1.165) is 11.6 Å². The Hall–Kier alpha value is -2.11. The van der Waals surface area contributed by atoms with Crippen LogP contribution in [-0.2, 0) is 4.79 Å². The van der Waals surface area contributed by atoms with Gasteiger partial charge < -0.3 is 10.2 Å². The number of rotatable bonds is 5. The van der Waals surface area contributed by atoms with Gasteiger partial charge in [0.25, 0.3) is 5.91 Å². The van der Waals surface area contributed by atoms with Crippen LogP contribution < -0.4 is 10.2 Å². The number of hydrogen-bond acceptors (Lipinski definition) is 2. The maximum Gasteiger partial charge on any atom is 0.255 e.